The number of rotatable bonds is 5. The lowest BCUT2D eigenvalue weighted by atomic mass is 10.3. The smallest absolute Gasteiger partial charge is 0.269 e. The van der Waals surface area contributed by atoms with Crippen LogP contribution in [0.1, 0.15) is 16.2 Å². The minimum absolute atomic E-state index is 0.0838. The molecule has 1 aromatic rings. The van der Waals surface area contributed by atoms with Gasteiger partial charge in [-0.2, -0.15) is 5.10 Å². The summed E-state index contributed by atoms with van der Waals surface area (Å²) < 4.78 is 6.61. The van der Waals surface area contributed by atoms with Crippen molar-refractivity contribution in [2.75, 3.05) is 39.4 Å². The minimum atomic E-state index is -0.418. The fourth-order valence-corrected chi connectivity index (χ4v) is 2.24. The van der Waals surface area contributed by atoms with Gasteiger partial charge in [0.2, 0.25) is 11.8 Å². The van der Waals surface area contributed by atoms with Crippen molar-refractivity contribution >= 4 is 17.7 Å². The first-order chi connectivity index (χ1) is 11.0. The zero-order chi connectivity index (χ0) is 16.8. The van der Waals surface area contributed by atoms with Crippen molar-refractivity contribution in [1.82, 2.24) is 25.3 Å². The molecule has 2 heterocycles. The van der Waals surface area contributed by atoms with Crippen LogP contribution < -0.4 is 10.6 Å². The number of carbonyl (C=O) groups excluding carboxylic acids is 3. The van der Waals surface area contributed by atoms with Crippen LogP contribution in [0.5, 0.6) is 0 Å². The minimum Gasteiger partial charge on any atom is -0.378 e. The van der Waals surface area contributed by atoms with E-state index in [1.54, 1.807) is 24.9 Å². The standard InChI is InChI=1S/C14H21N5O4/c1-10-7-11(18(2)17-10)14(22)16-8-12(20)15-9-13(21)19-3-5-23-6-4-19/h7H,3-6,8-9H2,1-2H3,(H,15,20)(H,16,22). The lowest BCUT2D eigenvalue weighted by Crippen LogP contribution is -2.47. The highest BCUT2D eigenvalue weighted by Gasteiger charge is 2.18. The fraction of sp³-hybridized carbons (Fsp3) is 0.571. The van der Waals surface area contributed by atoms with Crippen LogP contribution in [0, 0.1) is 6.92 Å². The topological polar surface area (TPSA) is 106 Å². The number of nitrogens with zero attached hydrogens (tertiary/aromatic N) is 3. The first-order valence-electron chi connectivity index (χ1n) is 7.38. The molecule has 2 rings (SSSR count). The predicted octanol–water partition coefficient (Wildman–Crippen LogP) is -1.57. The van der Waals surface area contributed by atoms with Crippen LogP contribution in [0.15, 0.2) is 6.07 Å². The number of carbonyl (C=O) groups is 3. The average molecular weight is 323 g/mol. The van der Waals surface area contributed by atoms with Gasteiger partial charge < -0.3 is 20.3 Å². The third kappa shape index (κ3) is 4.78. The van der Waals surface area contributed by atoms with Gasteiger partial charge in [0.1, 0.15) is 5.69 Å². The molecule has 23 heavy (non-hydrogen) atoms. The maximum absolute atomic E-state index is 11.9. The normalized spacial score (nSPS) is 14.4. The SMILES string of the molecule is Cc1cc(C(=O)NCC(=O)NCC(=O)N2CCOCC2)n(C)n1. The van der Waals surface area contributed by atoms with Gasteiger partial charge in [0.05, 0.1) is 32.0 Å². The molecule has 2 N–H and O–H groups in total. The largest absolute Gasteiger partial charge is 0.378 e. The molecule has 0 bridgehead atoms. The van der Waals surface area contributed by atoms with E-state index in [1.165, 1.54) is 4.68 Å². The summed E-state index contributed by atoms with van der Waals surface area (Å²) in [6.45, 7) is 3.59. The third-order valence-electron chi connectivity index (χ3n) is 3.44. The van der Waals surface area contributed by atoms with E-state index in [-0.39, 0.29) is 24.9 Å². The Labute approximate surface area is 134 Å². The Balaban J connectivity index is 1.71. The van der Waals surface area contributed by atoms with Gasteiger partial charge in [0.15, 0.2) is 0 Å². The summed E-state index contributed by atoms with van der Waals surface area (Å²) in [7, 11) is 1.66. The first-order valence-corrected chi connectivity index (χ1v) is 7.38. The molecule has 1 aromatic heterocycles. The zero-order valence-corrected chi connectivity index (χ0v) is 13.3. The molecule has 3 amide bonds. The number of hydrogen-bond donors (Lipinski definition) is 2. The van der Waals surface area contributed by atoms with Crippen LogP contribution >= 0.6 is 0 Å². The van der Waals surface area contributed by atoms with Crippen molar-refractivity contribution in [3.8, 4) is 0 Å². The van der Waals surface area contributed by atoms with Crippen molar-refractivity contribution in [3.05, 3.63) is 17.5 Å². The molecule has 0 aromatic carbocycles. The number of hydrogen-bond acceptors (Lipinski definition) is 5. The van der Waals surface area contributed by atoms with Crippen LogP contribution in [-0.4, -0.2) is 71.8 Å². The monoisotopic (exact) mass is 323 g/mol. The molecule has 1 saturated heterocycles. The number of ether oxygens (including phenoxy) is 1. The number of amides is 3. The van der Waals surface area contributed by atoms with Gasteiger partial charge in [0.25, 0.3) is 5.91 Å². The highest BCUT2D eigenvalue weighted by Crippen LogP contribution is 2.01. The van der Waals surface area contributed by atoms with Crippen LogP contribution in [-0.2, 0) is 21.4 Å². The molecule has 0 atom stereocenters. The molecule has 9 heteroatoms. The molecule has 126 valence electrons. The molecule has 0 spiro atoms. The molecule has 0 radical (unpaired) electrons. The van der Waals surface area contributed by atoms with E-state index >= 15 is 0 Å². The van der Waals surface area contributed by atoms with E-state index in [9.17, 15) is 14.4 Å². The third-order valence-corrected chi connectivity index (χ3v) is 3.44. The first kappa shape index (κ1) is 16.9. The average Bonchev–Trinajstić information content (AvgIpc) is 2.89. The summed E-state index contributed by atoms with van der Waals surface area (Å²) in [5.74, 6) is -0.961. The van der Waals surface area contributed by atoms with Crippen molar-refractivity contribution in [1.29, 1.82) is 0 Å². The summed E-state index contributed by atoms with van der Waals surface area (Å²) in [5, 5.41) is 9.06. The quantitative estimate of drug-likeness (QED) is 0.681. The maximum atomic E-state index is 11.9. The Hall–Kier alpha value is -2.42. The molecule has 9 nitrogen and oxygen atoms in total. The molecule has 1 aliphatic heterocycles. The number of aromatic nitrogens is 2. The van der Waals surface area contributed by atoms with Crippen LogP contribution in [0.3, 0.4) is 0 Å². The molecule has 0 unspecified atom stereocenters. The summed E-state index contributed by atoms with van der Waals surface area (Å²) in [4.78, 5) is 37.1. The Morgan fingerprint density at radius 2 is 1.91 bits per heavy atom. The lowest BCUT2D eigenvalue weighted by molar-refractivity contribution is -0.136. The van der Waals surface area contributed by atoms with Crippen molar-refractivity contribution in [3.63, 3.8) is 0 Å². The van der Waals surface area contributed by atoms with Crippen molar-refractivity contribution < 1.29 is 19.1 Å². The Bertz CT molecular complexity index is 592. The van der Waals surface area contributed by atoms with Crippen LogP contribution in [0.4, 0.5) is 0 Å². The van der Waals surface area contributed by atoms with Gasteiger partial charge in [0, 0.05) is 20.1 Å². The number of nitrogens with one attached hydrogen (secondary N) is 2. The maximum Gasteiger partial charge on any atom is 0.269 e. The molecular weight excluding hydrogens is 302 g/mol. The van der Waals surface area contributed by atoms with E-state index in [1.807, 2.05) is 0 Å². The van der Waals surface area contributed by atoms with Crippen molar-refractivity contribution in [2.45, 2.75) is 6.92 Å². The summed E-state index contributed by atoms with van der Waals surface area (Å²) >= 11 is 0. The van der Waals surface area contributed by atoms with Gasteiger partial charge in [-0.15, -0.1) is 0 Å². The van der Waals surface area contributed by atoms with Gasteiger partial charge in [-0.3, -0.25) is 19.1 Å². The van der Waals surface area contributed by atoms with Crippen LogP contribution in [0.25, 0.3) is 0 Å². The fourth-order valence-electron chi connectivity index (χ4n) is 2.24. The predicted molar refractivity (Wildman–Crippen MR) is 80.7 cm³/mol. The van der Waals surface area contributed by atoms with E-state index in [0.717, 1.165) is 5.69 Å². The van der Waals surface area contributed by atoms with Crippen LogP contribution in [0.2, 0.25) is 0 Å². The lowest BCUT2D eigenvalue weighted by Gasteiger charge is -2.26. The Morgan fingerprint density at radius 1 is 1.22 bits per heavy atom. The highest BCUT2D eigenvalue weighted by molar-refractivity contribution is 5.95. The highest BCUT2D eigenvalue weighted by atomic mass is 16.5. The molecule has 1 aliphatic rings. The van der Waals surface area contributed by atoms with E-state index in [4.69, 9.17) is 4.74 Å². The summed E-state index contributed by atoms with van der Waals surface area (Å²) in [6.07, 6.45) is 0. The second-order valence-corrected chi connectivity index (χ2v) is 5.25. The molecule has 1 fully saturated rings. The van der Waals surface area contributed by atoms with E-state index in [0.29, 0.717) is 32.0 Å². The summed E-state index contributed by atoms with van der Waals surface area (Å²) in [6, 6.07) is 1.63. The molecular formula is C14H21N5O4. The molecule has 0 aliphatic carbocycles. The number of aryl methyl sites for hydroxylation is 2. The van der Waals surface area contributed by atoms with E-state index in [2.05, 4.69) is 15.7 Å². The number of morpholine rings is 1. The second kappa shape index (κ2) is 7.73. The van der Waals surface area contributed by atoms with E-state index < -0.39 is 5.91 Å². The van der Waals surface area contributed by atoms with Gasteiger partial charge >= 0.3 is 0 Å². The zero-order valence-electron chi connectivity index (χ0n) is 13.3. The van der Waals surface area contributed by atoms with Gasteiger partial charge in [-0.1, -0.05) is 0 Å². The van der Waals surface area contributed by atoms with Gasteiger partial charge in [-0.05, 0) is 13.0 Å². The molecule has 0 saturated carbocycles. The Kier molecular flexibility index (Phi) is 5.69. The van der Waals surface area contributed by atoms with Gasteiger partial charge in [-0.25, -0.2) is 0 Å². The van der Waals surface area contributed by atoms with Crippen molar-refractivity contribution in [2.24, 2.45) is 7.05 Å². The summed E-state index contributed by atoms with van der Waals surface area (Å²) in [5.41, 5.74) is 1.10. The Morgan fingerprint density at radius 3 is 2.52 bits per heavy atom. The second-order valence-electron chi connectivity index (χ2n) is 5.25.